The predicted molar refractivity (Wildman–Crippen MR) is 121 cm³/mol. The molecule has 0 fully saturated rings. The molecule has 3 aromatic rings. The van der Waals surface area contributed by atoms with Gasteiger partial charge < -0.3 is 14.9 Å². The smallest absolute Gasteiger partial charge is 0.277 e. The number of aryl methyl sites for hydroxylation is 2. The molecular weight excluding hydrogens is 390 g/mol. The Balaban J connectivity index is 1.77. The van der Waals surface area contributed by atoms with Gasteiger partial charge in [0.05, 0.1) is 17.8 Å². The van der Waals surface area contributed by atoms with Gasteiger partial charge in [0.2, 0.25) is 5.62 Å². The van der Waals surface area contributed by atoms with Gasteiger partial charge in [-0.3, -0.25) is 14.2 Å². The summed E-state index contributed by atoms with van der Waals surface area (Å²) in [5.41, 5.74) is 6.81. The van der Waals surface area contributed by atoms with E-state index in [4.69, 9.17) is 0 Å². The van der Waals surface area contributed by atoms with E-state index < -0.39 is 0 Å². The number of nitrogens with one attached hydrogen (secondary N) is 2. The van der Waals surface area contributed by atoms with Crippen LogP contribution in [0.5, 0.6) is 0 Å². The number of benzene rings is 1. The first-order valence-electron chi connectivity index (χ1n) is 10.4. The van der Waals surface area contributed by atoms with Gasteiger partial charge in [0, 0.05) is 23.6 Å². The first kappa shape index (κ1) is 20.7. The number of imidazole rings is 1. The van der Waals surface area contributed by atoms with E-state index in [-0.39, 0.29) is 18.0 Å². The number of allylic oxidation sites excluding steroid dienone is 1. The summed E-state index contributed by atoms with van der Waals surface area (Å²) in [7, 11) is 0. The summed E-state index contributed by atoms with van der Waals surface area (Å²) in [5, 5.41) is 3.24. The van der Waals surface area contributed by atoms with Crippen LogP contribution in [0.4, 0.5) is 0 Å². The quantitative estimate of drug-likeness (QED) is 0.678. The Morgan fingerprint density at radius 3 is 2.58 bits per heavy atom. The molecule has 1 aromatic carbocycles. The Kier molecular flexibility index (Phi) is 5.27. The van der Waals surface area contributed by atoms with Crippen molar-refractivity contribution in [1.82, 2.24) is 19.4 Å². The van der Waals surface area contributed by atoms with Gasteiger partial charge in [-0.05, 0) is 64.5 Å². The number of rotatable bonds is 4. The van der Waals surface area contributed by atoms with Crippen LogP contribution in [0.2, 0.25) is 0 Å². The van der Waals surface area contributed by atoms with Crippen molar-refractivity contribution in [3.05, 3.63) is 85.4 Å². The van der Waals surface area contributed by atoms with Crippen molar-refractivity contribution >= 4 is 12.0 Å². The van der Waals surface area contributed by atoms with Crippen LogP contribution in [-0.2, 0) is 11.3 Å². The van der Waals surface area contributed by atoms with Crippen molar-refractivity contribution < 1.29 is 4.79 Å². The third kappa shape index (κ3) is 3.67. The van der Waals surface area contributed by atoms with Crippen LogP contribution in [-0.4, -0.2) is 26.6 Å². The SMILES string of the molecule is CCNC(=O)C1=C(C)N=c2[nH]c(=Cc3cc(C)n(-c4ccc(C)cc4)c3C)c(=O)n2C1. The summed E-state index contributed by atoms with van der Waals surface area (Å²) in [6, 6.07) is 10.4. The molecular formula is C24H27N5O2. The van der Waals surface area contributed by atoms with E-state index in [2.05, 4.69) is 64.0 Å². The Labute approximate surface area is 180 Å². The summed E-state index contributed by atoms with van der Waals surface area (Å²) in [5.74, 6) is -0.185. The minimum absolute atomic E-state index is 0.185. The molecule has 3 heterocycles. The van der Waals surface area contributed by atoms with E-state index in [1.165, 1.54) is 10.1 Å². The fraction of sp³-hybridized carbons (Fsp3) is 0.292. The Morgan fingerprint density at radius 2 is 1.90 bits per heavy atom. The van der Waals surface area contributed by atoms with Gasteiger partial charge in [0.15, 0.2) is 0 Å². The molecule has 0 spiro atoms. The van der Waals surface area contributed by atoms with Gasteiger partial charge in [-0.25, -0.2) is 4.99 Å². The van der Waals surface area contributed by atoms with E-state index in [9.17, 15) is 9.59 Å². The van der Waals surface area contributed by atoms with Crippen LogP contribution in [0.3, 0.4) is 0 Å². The van der Waals surface area contributed by atoms with Crippen LogP contribution >= 0.6 is 0 Å². The average Bonchev–Trinajstić information content (AvgIpc) is 3.17. The first-order valence-corrected chi connectivity index (χ1v) is 10.4. The molecule has 1 aliphatic rings. The summed E-state index contributed by atoms with van der Waals surface area (Å²) < 4.78 is 3.69. The monoisotopic (exact) mass is 417 g/mol. The van der Waals surface area contributed by atoms with Crippen LogP contribution in [0, 0.1) is 20.8 Å². The molecule has 7 heteroatoms. The number of hydrogen-bond donors (Lipinski definition) is 2. The van der Waals surface area contributed by atoms with Crippen LogP contribution in [0.1, 0.15) is 36.4 Å². The number of nitrogens with zero attached hydrogens (tertiary/aromatic N) is 3. The third-order valence-corrected chi connectivity index (χ3v) is 5.68. The number of aromatic amines is 1. The van der Waals surface area contributed by atoms with Gasteiger partial charge >= 0.3 is 0 Å². The zero-order chi connectivity index (χ0) is 22.3. The number of hydrogen-bond acceptors (Lipinski definition) is 3. The summed E-state index contributed by atoms with van der Waals surface area (Å²) >= 11 is 0. The number of likely N-dealkylation sites (N-methyl/N-ethyl adjacent to an activating group) is 1. The molecule has 0 saturated carbocycles. The lowest BCUT2D eigenvalue weighted by Crippen LogP contribution is -2.37. The highest BCUT2D eigenvalue weighted by Crippen LogP contribution is 2.21. The molecule has 160 valence electrons. The average molecular weight is 418 g/mol. The first-order chi connectivity index (χ1) is 14.8. The van der Waals surface area contributed by atoms with Gasteiger partial charge in [-0.1, -0.05) is 17.7 Å². The molecule has 1 aliphatic heterocycles. The molecule has 0 atom stereocenters. The predicted octanol–water partition coefficient (Wildman–Crippen LogP) is 1.76. The number of fused-ring (bicyclic) bond motifs is 1. The van der Waals surface area contributed by atoms with Crippen LogP contribution < -0.4 is 21.8 Å². The van der Waals surface area contributed by atoms with Crippen molar-refractivity contribution in [3.63, 3.8) is 0 Å². The molecule has 2 aromatic heterocycles. The minimum atomic E-state index is -0.187. The van der Waals surface area contributed by atoms with E-state index in [1.54, 1.807) is 6.92 Å². The Hall–Kier alpha value is -3.61. The molecule has 0 aliphatic carbocycles. The highest BCUT2D eigenvalue weighted by Gasteiger charge is 2.20. The summed E-state index contributed by atoms with van der Waals surface area (Å²) in [6.45, 7) is 10.6. The molecule has 0 saturated heterocycles. The maximum Gasteiger partial charge on any atom is 0.277 e. The second-order valence-corrected chi connectivity index (χ2v) is 7.93. The van der Waals surface area contributed by atoms with Gasteiger partial charge in [0.25, 0.3) is 11.5 Å². The molecule has 0 radical (unpaired) electrons. The zero-order valence-electron chi connectivity index (χ0n) is 18.5. The second-order valence-electron chi connectivity index (χ2n) is 7.93. The fourth-order valence-electron chi connectivity index (χ4n) is 4.00. The highest BCUT2D eigenvalue weighted by atomic mass is 16.2. The molecule has 31 heavy (non-hydrogen) atoms. The Morgan fingerprint density at radius 1 is 1.19 bits per heavy atom. The van der Waals surface area contributed by atoms with Gasteiger partial charge in [-0.2, -0.15) is 0 Å². The molecule has 7 nitrogen and oxygen atoms in total. The van der Waals surface area contributed by atoms with Crippen molar-refractivity contribution in [1.29, 1.82) is 0 Å². The highest BCUT2D eigenvalue weighted by molar-refractivity contribution is 5.94. The molecule has 1 amide bonds. The normalized spacial score (nSPS) is 13.9. The Bertz CT molecular complexity index is 1380. The van der Waals surface area contributed by atoms with Crippen LogP contribution in [0.15, 0.2) is 51.4 Å². The number of carbonyl (C=O) groups is 1. The lowest BCUT2D eigenvalue weighted by atomic mass is 10.2. The fourth-order valence-corrected chi connectivity index (χ4v) is 4.00. The molecule has 4 rings (SSSR count). The van der Waals surface area contributed by atoms with Crippen molar-refractivity contribution in [3.8, 4) is 5.69 Å². The lowest BCUT2D eigenvalue weighted by molar-refractivity contribution is -0.117. The summed E-state index contributed by atoms with van der Waals surface area (Å²) in [6.07, 6.45) is 1.86. The number of carbonyl (C=O) groups excluding carboxylic acids is 1. The standard InChI is InChI=1S/C24H27N5O2/c1-6-25-22(30)20-13-28-23(31)21(27-24(28)26-16(20)4)12-18-11-15(3)29(17(18)5)19-9-7-14(2)8-10-19/h7-12H,6,13H2,1-5H3,(H,25,30)(H,26,27). The van der Waals surface area contributed by atoms with E-state index in [0.717, 1.165) is 22.6 Å². The topological polar surface area (TPSA) is 84.2 Å². The van der Waals surface area contributed by atoms with Crippen LogP contribution in [0.25, 0.3) is 11.8 Å². The van der Waals surface area contributed by atoms with Crippen molar-refractivity contribution in [2.24, 2.45) is 4.99 Å². The van der Waals surface area contributed by atoms with Crippen molar-refractivity contribution in [2.75, 3.05) is 6.54 Å². The molecule has 0 bridgehead atoms. The minimum Gasteiger partial charge on any atom is -0.352 e. The maximum absolute atomic E-state index is 13.0. The number of amides is 1. The number of aromatic nitrogens is 3. The maximum atomic E-state index is 13.0. The van der Waals surface area contributed by atoms with Gasteiger partial charge in [-0.15, -0.1) is 0 Å². The van der Waals surface area contributed by atoms with Crippen molar-refractivity contribution in [2.45, 2.75) is 41.2 Å². The van der Waals surface area contributed by atoms with E-state index in [1.807, 2.05) is 19.9 Å². The number of H-pyrrole nitrogens is 1. The lowest BCUT2D eigenvalue weighted by Gasteiger charge is -2.13. The molecule has 2 N–H and O–H groups in total. The largest absolute Gasteiger partial charge is 0.352 e. The van der Waals surface area contributed by atoms with E-state index >= 15 is 0 Å². The second kappa shape index (κ2) is 7.91. The third-order valence-electron chi connectivity index (χ3n) is 5.68. The summed E-state index contributed by atoms with van der Waals surface area (Å²) in [4.78, 5) is 32.9. The molecule has 0 unspecified atom stereocenters. The van der Waals surface area contributed by atoms with E-state index in [0.29, 0.717) is 28.8 Å². The van der Waals surface area contributed by atoms with Gasteiger partial charge in [0.1, 0.15) is 5.35 Å². The zero-order valence-corrected chi connectivity index (χ0v) is 18.5.